The maximum absolute atomic E-state index is 13.8. The minimum absolute atomic E-state index is 0.0926. The number of amides is 1. The van der Waals surface area contributed by atoms with Crippen LogP contribution in [0.2, 0.25) is 0 Å². The monoisotopic (exact) mass is 496 g/mol. The molecule has 1 aliphatic heterocycles. The fraction of sp³-hybridized carbons (Fsp3) is 0.321. The minimum atomic E-state index is -0.968. The summed E-state index contributed by atoms with van der Waals surface area (Å²) < 4.78 is 27.6. The summed E-state index contributed by atoms with van der Waals surface area (Å²) in [5.74, 6) is 0.112. The third kappa shape index (κ3) is 6.90. The van der Waals surface area contributed by atoms with Crippen molar-refractivity contribution in [1.29, 1.82) is 0 Å². The summed E-state index contributed by atoms with van der Waals surface area (Å²) in [5, 5.41) is 17.1. The number of nitrogens with one attached hydrogen (secondary N) is 2. The van der Waals surface area contributed by atoms with Crippen LogP contribution in [0.1, 0.15) is 45.1 Å². The molecule has 3 aromatic rings. The number of aryl methyl sites for hydroxylation is 1. The Morgan fingerprint density at radius 3 is 2.49 bits per heavy atom. The number of aliphatic hydroxyl groups excluding tert-OH is 1. The van der Waals surface area contributed by atoms with Crippen molar-refractivity contribution >= 4 is 17.7 Å². The fourth-order valence-corrected chi connectivity index (χ4v) is 5.39. The molecule has 4 nitrogen and oxygen atoms in total. The number of halogens is 2. The van der Waals surface area contributed by atoms with Crippen LogP contribution in [0.4, 0.5) is 8.78 Å². The molecule has 0 bridgehead atoms. The van der Waals surface area contributed by atoms with Gasteiger partial charge < -0.3 is 15.7 Å². The molecule has 1 amide bonds. The molecule has 2 unspecified atom stereocenters. The summed E-state index contributed by atoms with van der Waals surface area (Å²) in [4.78, 5) is 13.1. The Balaban J connectivity index is 1.45. The first-order chi connectivity index (χ1) is 16.9. The summed E-state index contributed by atoms with van der Waals surface area (Å²) in [6.07, 6.45) is 0.0653. The molecule has 7 heteroatoms. The van der Waals surface area contributed by atoms with E-state index >= 15 is 0 Å². The topological polar surface area (TPSA) is 61.4 Å². The van der Waals surface area contributed by atoms with Gasteiger partial charge >= 0.3 is 0 Å². The van der Waals surface area contributed by atoms with Gasteiger partial charge in [-0.3, -0.25) is 4.79 Å². The highest BCUT2D eigenvalue weighted by atomic mass is 32.2. The molecule has 0 aliphatic carbocycles. The van der Waals surface area contributed by atoms with Gasteiger partial charge in [0.05, 0.1) is 12.1 Å². The maximum atomic E-state index is 13.8. The molecule has 3 N–H and O–H groups in total. The summed E-state index contributed by atoms with van der Waals surface area (Å²) >= 11 is 1.80. The lowest BCUT2D eigenvalue weighted by atomic mass is 9.99. The van der Waals surface area contributed by atoms with Gasteiger partial charge in [-0.05, 0) is 64.9 Å². The first-order valence-corrected chi connectivity index (χ1v) is 13.0. The Bertz CT molecular complexity index is 1170. The molecule has 0 fully saturated rings. The molecule has 0 saturated carbocycles. The zero-order valence-electron chi connectivity index (χ0n) is 19.7. The Morgan fingerprint density at radius 1 is 0.971 bits per heavy atom. The summed E-state index contributed by atoms with van der Waals surface area (Å²) in [5.41, 5.74) is 5.58. The van der Waals surface area contributed by atoms with Crippen LogP contribution < -0.4 is 10.6 Å². The van der Waals surface area contributed by atoms with Crippen LogP contribution in [0, 0.1) is 11.6 Å². The van der Waals surface area contributed by atoms with Crippen molar-refractivity contribution in [2.45, 2.75) is 50.0 Å². The maximum Gasteiger partial charge on any atom is 0.251 e. The van der Waals surface area contributed by atoms with E-state index in [1.165, 1.54) is 23.3 Å². The fourth-order valence-electron chi connectivity index (χ4n) is 4.30. The van der Waals surface area contributed by atoms with Crippen LogP contribution in [0.3, 0.4) is 0 Å². The van der Waals surface area contributed by atoms with Crippen molar-refractivity contribution in [3.05, 3.63) is 106 Å². The SMILES string of the molecule is CCc1cccc(CNCC(O)C(Cc2cc(F)cc(F)c2)NC(=O)c2ccc3c(c2)CSC3)c1. The highest BCUT2D eigenvalue weighted by Crippen LogP contribution is 2.30. The number of hydrogen-bond acceptors (Lipinski definition) is 4. The van der Waals surface area contributed by atoms with Crippen molar-refractivity contribution in [1.82, 2.24) is 10.6 Å². The molecule has 3 aromatic carbocycles. The zero-order chi connectivity index (χ0) is 24.8. The number of hydrogen-bond donors (Lipinski definition) is 3. The van der Waals surface area contributed by atoms with Crippen LogP contribution >= 0.6 is 11.8 Å². The van der Waals surface area contributed by atoms with E-state index in [2.05, 4.69) is 29.7 Å². The van der Waals surface area contributed by atoms with Crippen molar-refractivity contribution in [2.24, 2.45) is 0 Å². The van der Waals surface area contributed by atoms with Crippen LogP contribution in [0.25, 0.3) is 0 Å². The van der Waals surface area contributed by atoms with Crippen LogP contribution in [0.15, 0.2) is 60.7 Å². The first-order valence-electron chi connectivity index (χ1n) is 11.8. The van der Waals surface area contributed by atoms with Gasteiger partial charge in [0.1, 0.15) is 11.6 Å². The average molecular weight is 497 g/mol. The summed E-state index contributed by atoms with van der Waals surface area (Å²) in [6, 6.07) is 16.4. The number of benzene rings is 3. The van der Waals surface area contributed by atoms with Gasteiger partial charge in [-0.25, -0.2) is 8.78 Å². The first kappa shape index (κ1) is 25.4. The number of carbonyl (C=O) groups is 1. The van der Waals surface area contributed by atoms with Gasteiger partial charge in [-0.15, -0.1) is 0 Å². The van der Waals surface area contributed by atoms with E-state index in [0.29, 0.717) is 17.7 Å². The van der Waals surface area contributed by atoms with E-state index in [-0.39, 0.29) is 18.9 Å². The second-order valence-electron chi connectivity index (χ2n) is 8.91. The Kier molecular flexibility index (Phi) is 8.55. The summed E-state index contributed by atoms with van der Waals surface area (Å²) in [7, 11) is 0. The Morgan fingerprint density at radius 2 is 1.71 bits per heavy atom. The number of aliphatic hydroxyl groups is 1. The molecule has 35 heavy (non-hydrogen) atoms. The highest BCUT2D eigenvalue weighted by Gasteiger charge is 2.24. The Hall–Kier alpha value is -2.74. The van der Waals surface area contributed by atoms with Crippen molar-refractivity contribution in [3.8, 4) is 0 Å². The quantitative estimate of drug-likeness (QED) is 0.379. The van der Waals surface area contributed by atoms with Crippen molar-refractivity contribution in [3.63, 3.8) is 0 Å². The molecule has 0 radical (unpaired) electrons. The molecule has 0 spiro atoms. The van der Waals surface area contributed by atoms with E-state index in [0.717, 1.165) is 35.1 Å². The van der Waals surface area contributed by atoms with E-state index in [1.54, 1.807) is 17.8 Å². The molecule has 0 saturated heterocycles. The van der Waals surface area contributed by atoms with Crippen LogP contribution in [-0.2, 0) is 30.9 Å². The van der Waals surface area contributed by atoms with Gasteiger partial charge in [-0.1, -0.05) is 37.3 Å². The lowest BCUT2D eigenvalue weighted by molar-refractivity contribution is 0.0829. The molecule has 184 valence electrons. The second-order valence-corrected chi connectivity index (χ2v) is 9.90. The molecule has 1 aliphatic rings. The minimum Gasteiger partial charge on any atom is -0.390 e. The third-order valence-corrected chi connectivity index (χ3v) is 7.25. The number of carbonyl (C=O) groups excluding carboxylic acids is 1. The lowest BCUT2D eigenvalue weighted by Gasteiger charge is -2.25. The van der Waals surface area contributed by atoms with Gasteiger partial charge in [-0.2, -0.15) is 11.8 Å². The molecule has 4 rings (SSSR count). The van der Waals surface area contributed by atoms with Gasteiger partial charge in [0.25, 0.3) is 5.91 Å². The van der Waals surface area contributed by atoms with E-state index < -0.39 is 23.8 Å². The molecule has 1 heterocycles. The standard InChI is InChI=1S/C28H30F2N2O2S/c1-2-18-4-3-5-19(8-18)14-31-15-27(33)26(11-20-9-24(29)13-25(30)10-20)32-28(34)21-6-7-22-16-35-17-23(22)12-21/h3-10,12-13,26-27,31,33H,2,11,14-17H2,1H3,(H,32,34). The van der Waals surface area contributed by atoms with Crippen LogP contribution in [-0.4, -0.2) is 29.7 Å². The highest BCUT2D eigenvalue weighted by molar-refractivity contribution is 7.98. The smallest absolute Gasteiger partial charge is 0.251 e. The molecular weight excluding hydrogens is 466 g/mol. The van der Waals surface area contributed by atoms with Crippen molar-refractivity contribution < 1.29 is 18.7 Å². The number of fused-ring (bicyclic) bond motifs is 1. The van der Waals surface area contributed by atoms with Crippen molar-refractivity contribution in [2.75, 3.05) is 6.54 Å². The zero-order valence-corrected chi connectivity index (χ0v) is 20.5. The molecule has 0 aromatic heterocycles. The molecule has 2 atom stereocenters. The van der Waals surface area contributed by atoms with Crippen LogP contribution in [0.5, 0.6) is 0 Å². The van der Waals surface area contributed by atoms with E-state index in [4.69, 9.17) is 0 Å². The predicted octanol–water partition coefficient (Wildman–Crippen LogP) is 4.77. The second kappa shape index (κ2) is 11.8. The van der Waals surface area contributed by atoms with Gasteiger partial charge in [0.2, 0.25) is 0 Å². The Labute approximate surface area is 209 Å². The number of thioether (sulfide) groups is 1. The van der Waals surface area contributed by atoms with Gasteiger partial charge in [0.15, 0.2) is 0 Å². The predicted molar refractivity (Wildman–Crippen MR) is 136 cm³/mol. The lowest BCUT2D eigenvalue weighted by Crippen LogP contribution is -2.48. The van der Waals surface area contributed by atoms with E-state index in [1.807, 2.05) is 24.3 Å². The number of rotatable bonds is 10. The largest absolute Gasteiger partial charge is 0.390 e. The van der Waals surface area contributed by atoms with E-state index in [9.17, 15) is 18.7 Å². The summed E-state index contributed by atoms with van der Waals surface area (Å²) in [6.45, 7) is 2.86. The normalized spacial score (nSPS) is 14.4. The molecular formula is C28H30F2N2O2S. The van der Waals surface area contributed by atoms with Gasteiger partial charge in [0, 0.05) is 36.2 Å². The average Bonchev–Trinajstić information content (AvgIpc) is 3.31. The third-order valence-electron chi connectivity index (χ3n) is 6.22.